The molecule has 80 valence electrons. The lowest BCUT2D eigenvalue weighted by Gasteiger charge is -2.04. The molecule has 0 unspecified atom stereocenters. The Morgan fingerprint density at radius 3 is 2.47 bits per heavy atom. The van der Waals surface area contributed by atoms with E-state index in [9.17, 15) is 8.42 Å². The number of rotatable bonds is 2. The van der Waals surface area contributed by atoms with E-state index in [0.717, 1.165) is 5.56 Å². The monoisotopic (exact) mass is 224 g/mol. The third-order valence-corrected chi connectivity index (χ3v) is 4.01. The molecule has 4 N–H and O–H groups in total. The first-order chi connectivity index (χ1) is 7.08. The van der Waals surface area contributed by atoms with Gasteiger partial charge >= 0.3 is 0 Å². The van der Waals surface area contributed by atoms with Crippen molar-refractivity contribution in [2.24, 2.45) is 11.5 Å². The highest BCUT2D eigenvalue weighted by Crippen LogP contribution is 2.33. The summed E-state index contributed by atoms with van der Waals surface area (Å²) in [5, 5.41) is 1.23. The molecule has 0 fully saturated rings. The number of nitrogens with two attached hydrogens (primary N) is 2. The summed E-state index contributed by atoms with van der Waals surface area (Å²) < 4.78 is 23.3. The van der Waals surface area contributed by atoms with E-state index in [2.05, 4.69) is 0 Å². The average Bonchev–Trinajstić information content (AvgIpc) is 2.50. The molecule has 0 amide bonds. The van der Waals surface area contributed by atoms with Gasteiger partial charge < -0.3 is 11.5 Å². The first-order valence-corrected chi connectivity index (χ1v) is 6.12. The van der Waals surface area contributed by atoms with Gasteiger partial charge in [0.15, 0.2) is 0 Å². The zero-order valence-corrected chi connectivity index (χ0v) is 8.92. The Hall–Kier alpha value is -1.17. The minimum Gasteiger partial charge on any atom is -0.326 e. The molecule has 0 saturated carbocycles. The zero-order chi connectivity index (χ0) is 11.1. The van der Waals surface area contributed by atoms with Gasteiger partial charge in [0.1, 0.15) is 0 Å². The van der Waals surface area contributed by atoms with Crippen LogP contribution in [0.4, 0.5) is 0 Å². The largest absolute Gasteiger partial charge is 0.326 e. The lowest BCUT2D eigenvalue weighted by atomic mass is 10.0. The molecule has 1 aliphatic heterocycles. The summed E-state index contributed by atoms with van der Waals surface area (Å²) in [5.74, 6) is 0. The molecule has 0 spiro atoms. The maximum Gasteiger partial charge on any atom is 0.200 e. The van der Waals surface area contributed by atoms with Gasteiger partial charge in [-0.3, -0.25) is 0 Å². The lowest BCUT2D eigenvalue weighted by Crippen LogP contribution is -2.02. The molecule has 1 aliphatic rings. The molecule has 1 aromatic carbocycles. The van der Waals surface area contributed by atoms with Gasteiger partial charge in [0.05, 0.1) is 4.90 Å². The second-order valence-corrected chi connectivity index (χ2v) is 5.19. The molecule has 0 bridgehead atoms. The summed E-state index contributed by atoms with van der Waals surface area (Å²) in [6.45, 7) is 0.617. The summed E-state index contributed by atoms with van der Waals surface area (Å²) in [6, 6.07) is 5.11. The first kappa shape index (κ1) is 10.4. The fraction of sp³-hybridized carbons (Fsp3) is 0.200. The predicted octanol–water partition coefficient (Wildman–Crippen LogP) is 0.232. The van der Waals surface area contributed by atoms with Crippen molar-refractivity contribution in [3.63, 3.8) is 0 Å². The van der Waals surface area contributed by atoms with Crippen LogP contribution in [0.1, 0.15) is 11.1 Å². The summed E-state index contributed by atoms with van der Waals surface area (Å²) in [7, 11) is -3.27. The molecule has 2 rings (SSSR count). The third kappa shape index (κ3) is 1.58. The summed E-state index contributed by atoms with van der Waals surface area (Å²) >= 11 is 0. The summed E-state index contributed by atoms with van der Waals surface area (Å²) in [5.41, 5.74) is 13.3. The smallest absolute Gasteiger partial charge is 0.200 e. The molecule has 5 heteroatoms. The molecule has 0 atom stereocenters. The fourth-order valence-electron chi connectivity index (χ4n) is 1.68. The molecule has 15 heavy (non-hydrogen) atoms. The van der Waals surface area contributed by atoms with Crippen LogP contribution in [0.25, 0.3) is 5.57 Å². The first-order valence-electron chi connectivity index (χ1n) is 4.57. The van der Waals surface area contributed by atoms with Crippen molar-refractivity contribution < 1.29 is 8.42 Å². The fourth-order valence-corrected chi connectivity index (χ4v) is 3.15. The van der Waals surface area contributed by atoms with Crippen molar-refractivity contribution in [1.29, 1.82) is 0 Å². The van der Waals surface area contributed by atoms with Crippen LogP contribution in [0, 0.1) is 0 Å². The standard InChI is InChI=1S/C10H12N2O2S/c11-4-7-1-2-10-9(3-7)8(5-12)6-15(10,13)14/h1-3,6H,4-5,11-12H2. The molecule has 0 aromatic heterocycles. The Morgan fingerprint density at radius 1 is 1.13 bits per heavy atom. The van der Waals surface area contributed by atoms with Crippen LogP contribution < -0.4 is 11.5 Å². The molecule has 4 nitrogen and oxygen atoms in total. The number of sulfone groups is 1. The quantitative estimate of drug-likeness (QED) is 0.753. The number of benzene rings is 1. The van der Waals surface area contributed by atoms with Gasteiger partial charge in [-0.05, 0) is 28.8 Å². The molecule has 1 aromatic rings. The van der Waals surface area contributed by atoms with Crippen molar-refractivity contribution >= 4 is 15.4 Å². The number of hydrogen-bond acceptors (Lipinski definition) is 4. The summed E-state index contributed by atoms with van der Waals surface area (Å²) in [6.07, 6.45) is 0. The van der Waals surface area contributed by atoms with Crippen molar-refractivity contribution in [2.75, 3.05) is 6.54 Å². The maximum atomic E-state index is 11.7. The van der Waals surface area contributed by atoms with Crippen LogP contribution in [0.5, 0.6) is 0 Å². The minimum atomic E-state index is -3.27. The van der Waals surface area contributed by atoms with Crippen molar-refractivity contribution in [3.8, 4) is 0 Å². The van der Waals surface area contributed by atoms with E-state index in [1.165, 1.54) is 5.41 Å². The van der Waals surface area contributed by atoms with E-state index in [1.54, 1.807) is 18.2 Å². The third-order valence-electron chi connectivity index (χ3n) is 2.45. The van der Waals surface area contributed by atoms with E-state index >= 15 is 0 Å². The van der Waals surface area contributed by atoms with Crippen LogP contribution in [0.2, 0.25) is 0 Å². The molecular formula is C10H12N2O2S. The van der Waals surface area contributed by atoms with Gasteiger partial charge in [0.2, 0.25) is 9.84 Å². The average molecular weight is 224 g/mol. The highest BCUT2D eigenvalue weighted by atomic mass is 32.2. The van der Waals surface area contributed by atoms with Crippen LogP contribution in [-0.4, -0.2) is 15.0 Å². The Labute approximate surface area is 88.5 Å². The van der Waals surface area contributed by atoms with Crippen molar-refractivity contribution in [3.05, 3.63) is 34.7 Å². The van der Waals surface area contributed by atoms with E-state index in [1.807, 2.05) is 0 Å². The highest BCUT2D eigenvalue weighted by molar-refractivity contribution is 7.95. The van der Waals surface area contributed by atoms with E-state index in [0.29, 0.717) is 22.6 Å². The Kier molecular flexibility index (Phi) is 2.38. The van der Waals surface area contributed by atoms with E-state index < -0.39 is 9.84 Å². The highest BCUT2D eigenvalue weighted by Gasteiger charge is 2.25. The van der Waals surface area contributed by atoms with E-state index in [-0.39, 0.29) is 6.54 Å². The minimum absolute atomic E-state index is 0.222. The summed E-state index contributed by atoms with van der Waals surface area (Å²) in [4.78, 5) is 0.333. The van der Waals surface area contributed by atoms with Crippen LogP contribution in [0.15, 0.2) is 28.5 Å². The van der Waals surface area contributed by atoms with Gasteiger partial charge in [0, 0.05) is 18.5 Å². The Morgan fingerprint density at radius 2 is 1.87 bits per heavy atom. The van der Waals surface area contributed by atoms with Gasteiger partial charge in [-0.25, -0.2) is 8.42 Å². The number of hydrogen-bond donors (Lipinski definition) is 2. The number of fused-ring (bicyclic) bond motifs is 1. The van der Waals surface area contributed by atoms with Crippen molar-refractivity contribution in [2.45, 2.75) is 11.4 Å². The molecular weight excluding hydrogens is 212 g/mol. The van der Waals surface area contributed by atoms with Gasteiger partial charge in [0.25, 0.3) is 0 Å². The lowest BCUT2D eigenvalue weighted by molar-refractivity contribution is 0.605. The maximum absolute atomic E-state index is 11.7. The van der Waals surface area contributed by atoms with Crippen LogP contribution in [0.3, 0.4) is 0 Å². The van der Waals surface area contributed by atoms with Crippen LogP contribution >= 0.6 is 0 Å². The van der Waals surface area contributed by atoms with E-state index in [4.69, 9.17) is 11.5 Å². The Bertz CT molecular complexity index is 532. The SMILES string of the molecule is NCC1=CS(=O)(=O)c2ccc(CN)cc21. The normalized spacial score (nSPS) is 17.3. The van der Waals surface area contributed by atoms with Gasteiger partial charge in [-0.15, -0.1) is 0 Å². The molecule has 1 heterocycles. The van der Waals surface area contributed by atoms with Gasteiger partial charge in [-0.2, -0.15) is 0 Å². The molecule has 0 saturated heterocycles. The second kappa shape index (κ2) is 3.44. The van der Waals surface area contributed by atoms with Crippen LogP contribution in [-0.2, 0) is 16.4 Å². The molecule has 0 radical (unpaired) electrons. The predicted molar refractivity (Wildman–Crippen MR) is 58.6 cm³/mol. The molecule has 0 aliphatic carbocycles. The van der Waals surface area contributed by atoms with Crippen molar-refractivity contribution in [1.82, 2.24) is 0 Å². The second-order valence-electron chi connectivity index (χ2n) is 3.43. The van der Waals surface area contributed by atoms with Gasteiger partial charge in [-0.1, -0.05) is 6.07 Å². The zero-order valence-electron chi connectivity index (χ0n) is 8.10. The topological polar surface area (TPSA) is 86.2 Å². The Balaban J connectivity index is 2.68.